The van der Waals surface area contributed by atoms with E-state index in [-0.39, 0.29) is 30.0 Å². The zero-order valence-corrected chi connectivity index (χ0v) is 20.9. The normalized spacial score (nSPS) is 16.2. The van der Waals surface area contributed by atoms with Crippen LogP contribution in [0.1, 0.15) is 30.9 Å². The van der Waals surface area contributed by atoms with Crippen LogP contribution in [0.2, 0.25) is 0 Å². The molecule has 1 heterocycles. The van der Waals surface area contributed by atoms with Crippen molar-refractivity contribution >= 4 is 29.9 Å². The van der Waals surface area contributed by atoms with Gasteiger partial charge in [-0.3, -0.25) is 14.8 Å². The minimum Gasteiger partial charge on any atom is -0.497 e. The Balaban J connectivity index is 0.00000480. The highest BCUT2D eigenvalue weighted by Gasteiger charge is 2.28. The maximum atomic E-state index is 12.4. The highest BCUT2D eigenvalue weighted by Crippen LogP contribution is 2.27. The molecule has 0 saturated carbocycles. The van der Waals surface area contributed by atoms with Gasteiger partial charge in [0.25, 0.3) is 0 Å². The molecule has 1 aromatic carbocycles. The Labute approximate surface area is 200 Å². The lowest BCUT2D eigenvalue weighted by molar-refractivity contribution is -0.143. The monoisotopic (exact) mass is 557 g/mol. The second-order valence-corrected chi connectivity index (χ2v) is 7.62. The first kappa shape index (κ1) is 27.8. The van der Waals surface area contributed by atoms with E-state index in [1.807, 2.05) is 12.1 Å². The number of ether oxygens (including phenoxy) is 1. The number of hydrogen-bond donors (Lipinski definition) is 2. The molecule has 1 atom stereocenters. The Hall–Kier alpha value is -1.27. The summed E-state index contributed by atoms with van der Waals surface area (Å²) in [6.45, 7) is 2.82. The molecule has 0 aliphatic carbocycles. The molecule has 0 radical (unpaired) electrons. The summed E-state index contributed by atoms with van der Waals surface area (Å²) in [6, 6.07) is 8.31. The summed E-state index contributed by atoms with van der Waals surface area (Å²) < 4.78 is 42.6. The molecule has 2 rings (SSSR count). The number of nitrogens with one attached hydrogen (secondary N) is 2. The predicted molar refractivity (Wildman–Crippen MR) is 129 cm³/mol. The molecule has 6 nitrogen and oxygen atoms in total. The Morgan fingerprint density at radius 3 is 2.58 bits per heavy atom. The van der Waals surface area contributed by atoms with Gasteiger partial charge in [0.15, 0.2) is 5.96 Å². The maximum Gasteiger partial charge on any atom is 0.401 e. The van der Waals surface area contributed by atoms with E-state index in [4.69, 9.17) is 4.74 Å². The molecule has 0 spiro atoms. The molecule has 10 heteroatoms. The molecule has 2 N–H and O–H groups in total. The number of benzene rings is 1. The van der Waals surface area contributed by atoms with Crippen molar-refractivity contribution in [3.05, 3.63) is 29.8 Å². The van der Waals surface area contributed by atoms with Crippen LogP contribution in [0.5, 0.6) is 5.75 Å². The number of nitrogens with zero attached hydrogens (tertiary/aromatic N) is 3. The Bertz CT molecular complexity index is 669. The highest BCUT2D eigenvalue weighted by atomic mass is 127. The first-order chi connectivity index (χ1) is 14.3. The van der Waals surface area contributed by atoms with Crippen molar-refractivity contribution in [1.82, 2.24) is 20.4 Å². The number of alkyl halides is 3. The van der Waals surface area contributed by atoms with E-state index >= 15 is 0 Å². The zero-order valence-electron chi connectivity index (χ0n) is 18.5. The lowest BCUT2D eigenvalue weighted by Crippen LogP contribution is -2.43. The van der Waals surface area contributed by atoms with Crippen molar-refractivity contribution in [2.24, 2.45) is 4.99 Å². The fraction of sp³-hybridized carbons (Fsp3) is 0.667. The van der Waals surface area contributed by atoms with E-state index in [0.717, 1.165) is 18.8 Å². The maximum absolute atomic E-state index is 12.4. The Morgan fingerprint density at radius 1 is 1.26 bits per heavy atom. The summed E-state index contributed by atoms with van der Waals surface area (Å²) in [5, 5.41) is 6.57. The summed E-state index contributed by atoms with van der Waals surface area (Å²) in [5.41, 5.74) is 1.19. The van der Waals surface area contributed by atoms with E-state index in [1.54, 1.807) is 14.2 Å². The number of rotatable bonds is 10. The van der Waals surface area contributed by atoms with E-state index in [1.165, 1.54) is 30.4 Å². The van der Waals surface area contributed by atoms with Crippen molar-refractivity contribution in [2.45, 2.75) is 31.5 Å². The van der Waals surface area contributed by atoms with Crippen LogP contribution < -0.4 is 15.4 Å². The van der Waals surface area contributed by atoms with Crippen LogP contribution >= 0.6 is 24.0 Å². The van der Waals surface area contributed by atoms with Gasteiger partial charge in [0, 0.05) is 20.1 Å². The van der Waals surface area contributed by atoms with Crippen LogP contribution in [0.15, 0.2) is 29.3 Å². The van der Waals surface area contributed by atoms with Gasteiger partial charge in [0.2, 0.25) is 0 Å². The minimum atomic E-state index is -4.16. The van der Waals surface area contributed by atoms with Crippen LogP contribution in [0, 0.1) is 0 Å². The van der Waals surface area contributed by atoms with E-state index in [2.05, 4.69) is 32.7 Å². The van der Waals surface area contributed by atoms with Gasteiger partial charge in [-0.2, -0.15) is 13.2 Å². The number of methoxy groups -OCH3 is 1. The average Bonchev–Trinajstić information content (AvgIpc) is 3.23. The second kappa shape index (κ2) is 14.0. The fourth-order valence-corrected chi connectivity index (χ4v) is 3.71. The summed E-state index contributed by atoms with van der Waals surface area (Å²) in [6.07, 6.45) is -1.18. The molecule has 1 saturated heterocycles. The molecule has 178 valence electrons. The molecule has 1 aliphatic rings. The molecule has 0 aromatic heterocycles. The third kappa shape index (κ3) is 10.3. The minimum absolute atomic E-state index is 0. The SMILES string of the molecule is CN=C(NCCCN(C)CC(F)(F)F)NCC(c1cccc(OC)c1)N1CCCC1.I. The Morgan fingerprint density at radius 2 is 1.97 bits per heavy atom. The second-order valence-electron chi connectivity index (χ2n) is 7.62. The van der Waals surface area contributed by atoms with E-state index in [0.29, 0.717) is 32.0 Å². The first-order valence-corrected chi connectivity index (χ1v) is 10.4. The molecule has 0 bridgehead atoms. The van der Waals surface area contributed by atoms with Gasteiger partial charge in [0.05, 0.1) is 19.7 Å². The topological polar surface area (TPSA) is 52.1 Å². The van der Waals surface area contributed by atoms with Crippen molar-refractivity contribution in [3.63, 3.8) is 0 Å². The molecule has 1 fully saturated rings. The summed E-state index contributed by atoms with van der Waals surface area (Å²) >= 11 is 0. The van der Waals surface area contributed by atoms with Gasteiger partial charge >= 0.3 is 6.18 Å². The van der Waals surface area contributed by atoms with Gasteiger partial charge in [0.1, 0.15) is 5.75 Å². The summed E-state index contributed by atoms with van der Waals surface area (Å²) in [7, 11) is 4.84. The zero-order chi connectivity index (χ0) is 22.0. The average molecular weight is 557 g/mol. The number of hydrogen-bond acceptors (Lipinski definition) is 4. The van der Waals surface area contributed by atoms with E-state index in [9.17, 15) is 13.2 Å². The number of halogens is 4. The summed E-state index contributed by atoms with van der Waals surface area (Å²) in [4.78, 5) is 7.99. The quantitative estimate of drug-likeness (QED) is 0.200. The Kier molecular flexibility index (Phi) is 12.5. The van der Waals surface area contributed by atoms with Crippen LogP contribution in [0.4, 0.5) is 13.2 Å². The van der Waals surface area contributed by atoms with Crippen molar-refractivity contribution in [1.29, 1.82) is 0 Å². The highest BCUT2D eigenvalue weighted by molar-refractivity contribution is 14.0. The van der Waals surface area contributed by atoms with Crippen molar-refractivity contribution in [3.8, 4) is 5.75 Å². The van der Waals surface area contributed by atoms with Crippen LogP contribution in [0.3, 0.4) is 0 Å². The smallest absolute Gasteiger partial charge is 0.401 e. The van der Waals surface area contributed by atoms with Crippen molar-refractivity contribution < 1.29 is 17.9 Å². The molecule has 1 aliphatic heterocycles. The standard InChI is InChI=1S/C21H34F3N5O.HI/c1-25-20(26-10-7-11-28(2)16-21(22,23)24)27-15-19(29-12-4-5-13-29)17-8-6-9-18(14-17)30-3;/h6,8-9,14,19H,4-5,7,10-13,15-16H2,1-3H3,(H2,25,26,27);1H. The predicted octanol–water partition coefficient (Wildman–Crippen LogP) is 3.50. The number of guanidine groups is 1. The van der Waals surface area contributed by atoms with Crippen LogP contribution in [0.25, 0.3) is 0 Å². The van der Waals surface area contributed by atoms with Crippen molar-refractivity contribution in [2.75, 3.05) is 60.5 Å². The molecule has 31 heavy (non-hydrogen) atoms. The lowest BCUT2D eigenvalue weighted by atomic mass is 10.1. The molecule has 1 unspecified atom stereocenters. The fourth-order valence-electron chi connectivity index (χ4n) is 3.71. The third-order valence-corrected chi connectivity index (χ3v) is 5.20. The number of likely N-dealkylation sites (tertiary alicyclic amines) is 1. The molecule has 1 aromatic rings. The lowest BCUT2D eigenvalue weighted by Gasteiger charge is -2.29. The molecular formula is C21H35F3IN5O. The van der Waals surface area contributed by atoms with Gasteiger partial charge in [-0.05, 0) is 63.6 Å². The third-order valence-electron chi connectivity index (χ3n) is 5.20. The van der Waals surface area contributed by atoms with Gasteiger partial charge in [-0.1, -0.05) is 12.1 Å². The van der Waals surface area contributed by atoms with Gasteiger partial charge < -0.3 is 15.4 Å². The van der Waals surface area contributed by atoms with Crippen LogP contribution in [-0.2, 0) is 0 Å². The van der Waals surface area contributed by atoms with Gasteiger partial charge in [-0.25, -0.2) is 0 Å². The number of aliphatic imine (C=N–C) groups is 1. The molecular weight excluding hydrogens is 522 g/mol. The summed E-state index contributed by atoms with van der Waals surface area (Å²) in [5.74, 6) is 1.49. The van der Waals surface area contributed by atoms with E-state index < -0.39 is 12.7 Å². The first-order valence-electron chi connectivity index (χ1n) is 10.4. The molecule has 0 amide bonds. The largest absolute Gasteiger partial charge is 0.497 e. The van der Waals surface area contributed by atoms with Crippen LogP contribution in [-0.4, -0.2) is 82.4 Å². The van der Waals surface area contributed by atoms with Gasteiger partial charge in [-0.15, -0.1) is 24.0 Å².